The average molecular weight is 298 g/mol. The number of para-hydroxylation sites is 1. The molecule has 5 nitrogen and oxygen atoms in total. The molecule has 0 amide bonds. The van der Waals surface area contributed by atoms with Crippen molar-refractivity contribution in [1.29, 1.82) is 0 Å². The smallest absolute Gasteiger partial charge is 0.244 e. The van der Waals surface area contributed by atoms with Crippen LogP contribution in [0.3, 0.4) is 0 Å². The third kappa shape index (κ3) is 3.07. The van der Waals surface area contributed by atoms with Gasteiger partial charge in [0.1, 0.15) is 10.6 Å². The minimum Gasteiger partial charge on any atom is -0.491 e. The predicted molar refractivity (Wildman–Crippen MR) is 79.2 cm³/mol. The molecular weight excluding hydrogens is 276 g/mol. The van der Waals surface area contributed by atoms with Crippen LogP contribution in [0.5, 0.6) is 5.75 Å². The van der Waals surface area contributed by atoms with Crippen LogP contribution < -0.4 is 10.5 Å². The number of nitrogen functional groups attached to an aromatic ring is 1. The Bertz CT molecular complexity index is 566. The maximum atomic E-state index is 12.1. The monoisotopic (exact) mass is 298 g/mol. The van der Waals surface area contributed by atoms with E-state index in [4.69, 9.17) is 10.5 Å². The van der Waals surface area contributed by atoms with E-state index in [1.165, 1.54) is 39.4 Å². The van der Waals surface area contributed by atoms with Crippen molar-refractivity contribution in [1.82, 2.24) is 4.31 Å². The zero-order valence-electron chi connectivity index (χ0n) is 12.0. The fourth-order valence-corrected chi connectivity index (χ4v) is 3.21. The van der Waals surface area contributed by atoms with Crippen LogP contribution in [0.15, 0.2) is 23.1 Å². The van der Waals surface area contributed by atoms with Gasteiger partial charge in [-0.05, 0) is 24.5 Å². The molecule has 1 aliphatic carbocycles. The van der Waals surface area contributed by atoms with E-state index in [-0.39, 0.29) is 10.6 Å². The molecule has 2 rings (SSSR count). The van der Waals surface area contributed by atoms with Gasteiger partial charge in [-0.1, -0.05) is 25.3 Å². The third-order valence-electron chi connectivity index (χ3n) is 3.79. The molecule has 1 fully saturated rings. The van der Waals surface area contributed by atoms with Crippen molar-refractivity contribution in [3.05, 3.63) is 18.2 Å². The van der Waals surface area contributed by atoms with Gasteiger partial charge in [-0.3, -0.25) is 0 Å². The van der Waals surface area contributed by atoms with Crippen LogP contribution in [0.25, 0.3) is 0 Å². The average Bonchev–Trinajstić information content (AvgIpc) is 2.33. The van der Waals surface area contributed by atoms with Crippen molar-refractivity contribution < 1.29 is 13.2 Å². The van der Waals surface area contributed by atoms with E-state index in [0.717, 1.165) is 16.6 Å². The Labute approximate surface area is 120 Å². The minimum atomic E-state index is -3.54. The van der Waals surface area contributed by atoms with Gasteiger partial charge < -0.3 is 10.5 Å². The highest BCUT2D eigenvalue weighted by atomic mass is 32.2. The lowest BCUT2D eigenvalue weighted by Crippen LogP contribution is -2.23. The first kappa shape index (κ1) is 15.1. The lowest BCUT2D eigenvalue weighted by atomic mass is 9.83. The highest BCUT2D eigenvalue weighted by Gasteiger charge is 2.22. The number of hydrogen-bond donors (Lipinski definition) is 1. The molecule has 1 saturated carbocycles. The number of rotatable bonds is 6. The molecule has 0 unspecified atom stereocenters. The van der Waals surface area contributed by atoms with E-state index < -0.39 is 10.0 Å². The van der Waals surface area contributed by atoms with E-state index in [1.54, 1.807) is 12.1 Å². The number of nitrogens with two attached hydrogens (primary N) is 1. The lowest BCUT2D eigenvalue weighted by Gasteiger charge is -2.25. The first-order valence-electron chi connectivity index (χ1n) is 6.86. The number of benzene rings is 1. The Balaban J connectivity index is 2.10. The second kappa shape index (κ2) is 6.01. The molecule has 1 aliphatic rings. The summed E-state index contributed by atoms with van der Waals surface area (Å²) in [6.45, 7) is 0.584. The van der Waals surface area contributed by atoms with E-state index in [1.807, 2.05) is 0 Å². The number of anilines is 1. The Morgan fingerprint density at radius 1 is 1.35 bits per heavy atom. The van der Waals surface area contributed by atoms with E-state index in [9.17, 15) is 8.42 Å². The standard InChI is InChI=1S/C14H22N2O3S/c1-16(2)20(17,18)13-8-4-7-12(14(13)15)19-10-9-11-5-3-6-11/h4,7-8,11H,3,5-6,9-10,15H2,1-2H3. The molecule has 1 aromatic carbocycles. The van der Waals surface area contributed by atoms with E-state index in [2.05, 4.69) is 0 Å². The summed E-state index contributed by atoms with van der Waals surface area (Å²) in [5.74, 6) is 1.21. The highest BCUT2D eigenvalue weighted by molar-refractivity contribution is 7.89. The number of nitrogens with zero attached hydrogens (tertiary/aromatic N) is 1. The highest BCUT2D eigenvalue weighted by Crippen LogP contribution is 2.32. The Morgan fingerprint density at radius 2 is 2.05 bits per heavy atom. The maximum Gasteiger partial charge on any atom is 0.244 e. The van der Waals surface area contributed by atoms with Gasteiger partial charge in [-0.25, -0.2) is 12.7 Å². The van der Waals surface area contributed by atoms with Crippen LogP contribution >= 0.6 is 0 Å². The molecule has 0 radical (unpaired) electrons. The quantitative estimate of drug-likeness (QED) is 0.816. The van der Waals surface area contributed by atoms with Crippen LogP contribution in [0.2, 0.25) is 0 Å². The SMILES string of the molecule is CN(C)S(=O)(=O)c1cccc(OCCC2CCC2)c1N. The fraction of sp³-hybridized carbons (Fsp3) is 0.571. The predicted octanol–water partition coefficient (Wildman–Crippen LogP) is 2.09. The van der Waals surface area contributed by atoms with Crippen molar-refractivity contribution in [2.75, 3.05) is 26.4 Å². The molecule has 6 heteroatoms. The van der Waals surface area contributed by atoms with Crippen LogP contribution in [-0.4, -0.2) is 33.4 Å². The van der Waals surface area contributed by atoms with Gasteiger partial charge in [0.25, 0.3) is 0 Å². The zero-order chi connectivity index (χ0) is 14.8. The fourth-order valence-electron chi connectivity index (χ4n) is 2.19. The summed E-state index contributed by atoms with van der Waals surface area (Å²) in [6, 6.07) is 4.87. The molecule has 0 aliphatic heterocycles. The van der Waals surface area contributed by atoms with Crippen molar-refractivity contribution >= 4 is 15.7 Å². The van der Waals surface area contributed by atoms with Gasteiger partial charge in [0.05, 0.1) is 12.3 Å². The second-order valence-corrected chi connectivity index (χ2v) is 7.51. The van der Waals surface area contributed by atoms with Crippen LogP contribution in [-0.2, 0) is 10.0 Å². The lowest BCUT2D eigenvalue weighted by molar-refractivity contribution is 0.222. The molecule has 20 heavy (non-hydrogen) atoms. The van der Waals surface area contributed by atoms with E-state index in [0.29, 0.717) is 12.4 Å². The third-order valence-corrected chi connectivity index (χ3v) is 5.67. The van der Waals surface area contributed by atoms with E-state index >= 15 is 0 Å². The molecule has 0 spiro atoms. The largest absolute Gasteiger partial charge is 0.491 e. The summed E-state index contributed by atoms with van der Waals surface area (Å²) in [7, 11) is -0.567. The summed E-state index contributed by atoms with van der Waals surface area (Å²) in [5.41, 5.74) is 6.13. The molecule has 0 aromatic heterocycles. The molecule has 0 saturated heterocycles. The topological polar surface area (TPSA) is 72.6 Å². The molecular formula is C14H22N2O3S. The van der Waals surface area contributed by atoms with Crippen molar-refractivity contribution in [2.45, 2.75) is 30.6 Å². The van der Waals surface area contributed by atoms with Gasteiger partial charge in [-0.2, -0.15) is 0 Å². The van der Waals surface area contributed by atoms with Gasteiger partial charge in [-0.15, -0.1) is 0 Å². The van der Waals surface area contributed by atoms with Gasteiger partial charge >= 0.3 is 0 Å². The van der Waals surface area contributed by atoms with Crippen LogP contribution in [0.4, 0.5) is 5.69 Å². The summed E-state index contributed by atoms with van der Waals surface area (Å²) in [5, 5.41) is 0. The minimum absolute atomic E-state index is 0.101. The molecule has 0 atom stereocenters. The first-order chi connectivity index (χ1) is 9.43. The summed E-state index contributed by atoms with van der Waals surface area (Å²) in [6.07, 6.45) is 4.86. The molecule has 112 valence electrons. The summed E-state index contributed by atoms with van der Waals surface area (Å²) < 4.78 is 31.1. The molecule has 1 aromatic rings. The molecule has 2 N–H and O–H groups in total. The Morgan fingerprint density at radius 3 is 2.60 bits per heavy atom. The zero-order valence-corrected chi connectivity index (χ0v) is 12.8. The normalized spacial score (nSPS) is 16.1. The molecule has 0 bridgehead atoms. The summed E-state index contributed by atoms with van der Waals surface area (Å²) in [4.78, 5) is 0.101. The van der Waals surface area contributed by atoms with Crippen molar-refractivity contribution in [3.8, 4) is 5.75 Å². The molecule has 0 heterocycles. The van der Waals surface area contributed by atoms with Gasteiger partial charge in [0, 0.05) is 14.1 Å². The van der Waals surface area contributed by atoms with Gasteiger partial charge in [0.15, 0.2) is 0 Å². The van der Waals surface area contributed by atoms with Crippen LogP contribution in [0.1, 0.15) is 25.7 Å². The van der Waals surface area contributed by atoms with Crippen LogP contribution in [0, 0.1) is 5.92 Å². The Kier molecular flexibility index (Phi) is 4.55. The van der Waals surface area contributed by atoms with Crippen molar-refractivity contribution in [3.63, 3.8) is 0 Å². The second-order valence-electron chi connectivity index (χ2n) is 5.39. The number of sulfonamides is 1. The number of ether oxygens (including phenoxy) is 1. The summed E-state index contributed by atoms with van der Waals surface area (Å²) >= 11 is 0. The van der Waals surface area contributed by atoms with Gasteiger partial charge in [0.2, 0.25) is 10.0 Å². The Hall–Kier alpha value is -1.27. The number of hydrogen-bond acceptors (Lipinski definition) is 4. The van der Waals surface area contributed by atoms with Crippen molar-refractivity contribution in [2.24, 2.45) is 5.92 Å². The maximum absolute atomic E-state index is 12.1. The first-order valence-corrected chi connectivity index (χ1v) is 8.30.